The highest BCUT2D eigenvalue weighted by Gasteiger charge is 2.19. The zero-order valence-electron chi connectivity index (χ0n) is 18.8. The Morgan fingerprint density at radius 2 is 1.57 bits per heavy atom. The van der Waals surface area contributed by atoms with Crippen LogP contribution in [-0.4, -0.2) is 34.6 Å². The molecule has 0 aliphatic rings. The number of benzene rings is 3. The molecule has 9 heteroatoms. The van der Waals surface area contributed by atoms with E-state index < -0.39 is 24.0 Å². The van der Waals surface area contributed by atoms with Crippen LogP contribution in [0.1, 0.15) is 39.4 Å². The van der Waals surface area contributed by atoms with Crippen LogP contribution in [0.15, 0.2) is 83.7 Å². The number of aromatic nitrogens is 2. The zero-order valence-corrected chi connectivity index (χ0v) is 18.8. The number of fused-ring (bicyclic) bond motifs is 1. The minimum Gasteiger partial charge on any atom is -0.451 e. The predicted octanol–water partition coefficient (Wildman–Crippen LogP) is 3.21. The number of ether oxygens (including phenoxy) is 1. The fourth-order valence-electron chi connectivity index (χ4n) is 3.55. The number of nitrogens with zero attached hydrogens (tertiary/aromatic N) is 1. The van der Waals surface area contributed by atoms with E-state index in [1.165, 1.54) is 0 Å². The first kappa shape index (κ1) is 23.4. The number of carbonyl (C=O) groups is 3. The quantitative estimate of drug-likeness (QED) is 0.356. The minimum absolute atomic E-state index is 0.109. The summed E-state index contributed by atoms with van der Waals surface area (Å²) < 4.78 is 5.10. The van der Waals surface area contributed by atoms with Crippen LogP contribution < -0.4 is 16.2 Å². The van der Waals surface area contributed by atoms with Crippen molar-refractivity contribution in [2.45, 2.75) is 13.0 Å². The lowest BCUT2D eigenvalue weighted by Gasteiger charge is -2.16. The molecule has 9 nitrogen and oxygen atoms in total. The Bertz CT molecular complexity index is 1450. The summed E-state index contributed by atoms with van der Waals surface area (Å²) in [6, 6.07) is 22.2. The van der Waals surface area contributed by atoms with E-state index in [4.69, 9.17) is 4.74 Å². The van der Waals surface area contributed by atoms with Crippen LogP contribution in [0.4, 0.5) is 5.69 Å². The molecule has 4 aromatic rings. The number of esters is 1. The third-order valence-electron chi connectivity index (χ3n) is 5.32. The average molecular weight is 470 g/mol. The largest absolute Gasteiger partial charge is 0.451 e. The van der Waals surface area contributed by atoms with Crippen molar-refractivity contribution < 1.29 is 19.1 Å². The van der Waals surface area contributed by atoms with E-state index in [9.17, 15) is 19.2 Å². The Hall–Kier alpha value is -4.79. The summed E-state index contributed by atoms with van der Waals surface area (Å²) in [5, 5.41) is 12.1. The molecule has 3 aromatic carbocycles. The highest BCUT2D eigenvalue weighted by atomic mass is 16.5. The number of hydrogen-bond acceptors (Lipinski definition) is 6. The predicted molar refractivity (Wildman–Crippen MR) is 130 cm³/mol. The molecule has 0 unspecified atom stereocenters. The van der Waals surface area contributed by atoms with Crippen molar-refractivity contribution in [3.05, 3.63) is 106 Å². The smallest absolute Gasteiger partial charge is 0.359 e. The Morgan fingerprint density at radius 1 is 0.914 bits per heavy atom. The third kappa shape index (κ3) is 5.41. The summed E-state index contributed by atoms with van der Waals surface area (Å²) in [7, 11) is 0. The lowest BCUT2D eigenvalue weighted by molar-refractivity contribution is -0.119. The lowest BCUT2D eigenvalue weighted by Crippen LogP contribution is -2.28. The van der Waals surface area contributed by atoms with E-state index in [2.05, 4.69) is 20.8 Å². The van der Waals surface area contributed by atoms with Crippen LogP contribution >= 0.6 is 0 Å². The van der Waals surface area contributed by atoms with Crippen LogP contribution in [0, 0.1) is 0 Å². The van der Waals surface area contributed by atoms with Gasteiger partial charge in [-0.2, -0.15) is 5.10 Å². The van der Waals surface area contributed by atoms with Gasteiger partial charge in [0.15, 0.2) is 12.3 Å². The average Bonchev–Trinajstić information content (AvgIpc) is 2.88. The molecule has 35 heavy (non-hydrogen) atoms. The molecule has 3 N–H and O–H groups in total. The second-order valence-electron chi connectivity index (χ2n) is 7.72. The molecule has 0 bridgehead atoms. The Labute approximate surface area is 200 Å². The summed E-state index contributed by atoms with van der Waals surface area (Å²) >= 11 is 0. The molecular weight excluding hydrogens is 448 g/mol. The SMILES string of the molecule is C[C@@H](NC(=O)c1ccccc1NC(=O)COC(=O)c1n[nH]c(=O)c2ccccc12)c1ccccc1. The van der Waals surface area contributed by atoms with Gasteiger partial charge in [0.05, 0.1) is 22.7 Å². The molecule has 4 rings (SSSR count). The maximum atomic E-state index is 12.8. The number of para-hydroxylation sites is 1. The Balaban J connectivity index is 1.41. The van der Waals surface area contributed by atoms with Crippen molar-refractivity contribution >= 4 is 34.2 Å². The van der Waals surface area contributed by atoms with E-state index in [-0.39, 0.29) is 34.3 Å². The molecule has 0 aliphatic carbocycles. The normalized spacial score (nSPS) is 11.5. The van der Waals surface area contributed by atoms with Gasteiger partial charge in [-0.15, -0.1) is 0 Å². The highest BCUT2D eigenvalue weighted by molar-refractivity contribution is 6.05. The summed E-state index contributed by atoms with van der Waals surface area (Å²) in [5.41, 5.74) is 0.939. The first-order chi connectivity index (χ1) is 16.9. The van der Waals surface area contributed by atoms with Crippen molar-refractivity contribution in [2.75, 3.05) is 11.9 Å². The molecule has 2 amide bonds. The molecule has 176 valence electrons. The second-order valence-corrected chi connectivity index (χ2v) is 7.72. The van der Waals surface area contributed by atoms with Crippen LogP contribution in [0.2, 0.25) is 0 Å². The molecule has 0 spiro atoms. The zero-order chi connectivity index (χ0) is 24.8. The first-order valence-corrected chi connectivity index (χ1v) is 10.8. The standard InChI is InChI=1S/C26H22N4O5/c1-16(17-9-3-2-4-10-17)27-24(32)20-13-7-8-14-21(20)28-22(31)15-35-26(34)23-18-11-5-6-12-19(18)25(33)30-29-23/h2-14,16H,15H2,1H3,(H,27,32)(H,28,31)(H,30,33)/t16-/m1/s1. The first-order valence-electron chi connectivity index (χ1n) is 10.8. The minimum atomic E-state index is -0.865. The van der Waals surface area contributed by atoms with Crippen LogP contribution in [0.25, 0.3) is 10.8 Å². The van der Waals surface area contributed by atoms with Crippen molar-refractivity contribution in [2.24, 2.45) is 0 Å². The molecule has 1 heterocycles. The van der Waals surface area contributed by atoms with Crippen molar-refractivity contribution in [1.82, 2.24) is 15.5 Å². The van der Waals surface area contributed by atoms with E-state index >= 15 is 0 Å². The van der Waals surface area contributed by atoms with Gasteiger partial charge in [0.25, 0.3) is 17.4 Å². The van der Waals surface area contributed by atoms with Gasteiger partial charge in [0.2, 0.25) is 0 Å². The number of nitrogens with one attached hydrogen (secondary N) is 3. The van der Waals surface area contributed by atoms with E-state index in [1.54, 1.807) is 48.5 Å². The van der Waals surface area contributed by atoms with Crippen LogP contribution in [-0.2, 0) is 9.53 Å². The number of H-pyrrole nitrogens is 1. The molecule has 0 saturated heterocycles. The summed E-state index contributed by atoms with van der Waals surface area (Å²) in [4.78, 5) is 49.7. The maximum absolute atomic E-state index is 12.8. The van der Waals surface area contributed by atoms with Gasteiger partial charge in [0, 0.05) is 5.39 Å². The van der Waals surface area contributed by atoms with E-state index in [0.717, 1.165) is 5.56 Å². The molecule has 1 aromatic heterocycles. The van der Waals surface area contributed by atoms with Crippen molar-refractivity contribution in [3.63, 3.8) is 0 Å². The monoisotopic (exact) mass is 470 g/mol. The molecule has 0 aliphatic heterocycles. The van der Waals surface area contributed by atoms with Crippen LogP contribution in [0.3, 0.4) is 0 Å². The molecule has 0 saturated carbocycles. The summed E-state index contributed by atoms with van der Waals surface area (Å²) in [6.45, 7) is 1.26. The second kappa shape index (κ2) is 10.4. The van der Waals surface area contributed by atoms with Crippen LogP contribution in [0.5, 0.6) is 0 Å². The molecule has 0 fully saturated rings. The fraction of sp³-hybridized carbons (Fsp3) is 0.115. The third-order valence-corrected chi connectivity index (χ3v) is 5.32. The van der Waals surface area contributed by atoms with Gasteiger partial charge >= 0.3 is 5.97 Å². The number of rotatable bonds is 7. The van der Waals surface area contributed by atoms with Gasteiger partial charge in [-0.05, 0) is 30.7 Å². The number of anilines is 1. The number of hydrogen-bond donors (Lipinski definition) is 3. The summed E-state index contributed by atoms with van der Waals surface area (Å²) in [5.74, 6) is -1.86. The lowest BCUT2D eigenvalue weighted by atomic mass is 10.1. The van der Waals surface area contributed by atoms with Gasteiger partial charge in [-0.3, -0.25) is 14.4 Å². The van der Waals surface area contributed by atoms with Crippen molar-refractivity contribution in [3.8, 4) is 0 Å². The number of amides is 2. The molecular formula is C26H22N4O5. The van der Waals surface area contributed by atoms with Gasteiger partial charge in [0.1, 0.15) is 0 Å². The number of carbonyl (C=O) groups excluding carboxylic acids is 3. The fourth-order valence-corrected chi connectivity index (χ4v) is 3.55. The topological polar surface area (TPSA) is 130 Å². The highest BCUT2D eigenvalue weighted by Crippen LogP contribution is 2.18. The number of aromatic amines is 1. The Morgan fingerprint density at radius 3 is 2.34 bits per heavy atom. The summed E-state index contributed by atoms with van der Waals surface area (Å²) in [6.07, 6.45) is 0. The van der Waals surface area contributed by atoms with E-state index in [0.29, 0.717) is 5.39 Å². The Kier molecular flexibility index (Phi) is 6.96. The van der Waals surface area contributed by atoms with Gasteiger partial charge in [-0.25, -0.2) is 9.89 Å². The maximum Gasteiger partial charge on any atom is 0.359 e. The molecule has 0 radical (unpaired) electrons. The van der Waals surface area contributed by atoms with E-state index in [1.807, 2.05) is 37.3 Å². The van der Waals surface area contributed by atoms with Gasteiger partial charge < -0.3 is 15.4 Å². The van der Waals surface area contributed by atoms with Crippen molar-refractivity contribution in [1.29, 1.82) is 0 Å². The van der Waals surface area contributed by atoms with Gasteiger partial charge in [-0.1, -0.05) is 60.7 Å². The molecule has 1 atom stereocenters.